The van der Waals surface area contributed by atoms with E-state index in [1.54, 1.807) is 0 Å². The molecule has 0 saturated heterocycles. The predicted molar refractivity (Wildman–Crippen MR) is 87.8 cm³/mol. The summed E-state index contributed by atoms with van der Waals surface area (Å²) in [7, 11) is -5.22. The smallest absolute Gasteiger partial charge is 0.311 e. The first-order valence-corrected chi connectivity index (χ1v) is 16.4. The number of rotatable bonds is 10. The summed E-state index contributed by atoms with van der Waals surface area (Å²) in [5.74, 6) is 0. The lowest BCUT2D eigenvalue weighted by Gasteiger charge is -2.37. The van der Waals surface area contributed by atoms with Crippen LogP contribution < -0.4 is 0 Å². The number of hydrogen-bond acceptors (Lipinski definition) is 4. The standard InChI is InChI=1S/C12H32O4Si3/c1-17(2,3)15-19(6,7)16-18(4,5)12-8-10-14-11-9-13/h13H,8-12H2,1-7H3. The van der Waals surface area contributed by atoms with Crippen molar-refractivity contribution in [3.8, 4) is 0 Å². The number of ether oxygens (including phenoxy) is 1. The molecule has 116 valence electrons. The summed E-state index contributed by atoms with van der Waals surface area (Å²) in [6.45, 7) is 16.7. The van der Waals surface area contributed by atoms with E-state index in [2.05, 4.69) is 45.8 Å². The van der Waals surface area contributed by atoms with Crippen LogP contribution in [0, 0.1) is 0 Å². The van der Waals surface area contributed by atoms with Gasteiger partial charge in [0.05, 0.1) is 13.2 Å². The third-order valence-electron chi connectivity index (χ3n) is 2.38. The summed E-state index contributed by atoms with van der Waals surface area (Å²) in [5.41, 5.74) is 0. The molecule has 0 fully saturated rings. The number of aliphatic hydroxyl groups excluding tert-OH is 1. The lowest BCUT2D eigenvalue weighted by atomic mass is 10.5. The van der Waals surface area contributed by atoms with Crippen LogP contribution in [-0.2, 0) is 13.0 Å². The van der Waals surface area contributed by atoms with Gasteiger partial charge in [-0.3, -0.25) is 0 Å². The Kier molecular flexibility index (Phi) is 8.27. The zero-order valence-corrected chi connectivity index (χ0v) is 16.7. The molecule has 0 rings (SSSR count). The van der Waals surface area contributed by atoms with Gasteiger partial charge in [0.1, 0.15) is 0 Å². The fourth-order valence-electron chi connectivity index (χ4n) is 2.24. The van der Waals surface area contributed by atoms with E-state index in [0.29, 0.717) is 13.2 Å². The van der Waals surface area contributed by atoms with Crippen molar-refractivity contribution in [1.29, 1.82) is 0 Å². The molecule has 4 nitrogen and oxygen atoms in total. The molecular formula is C12H32O4Si3. The van der Waals surface area contributed by atoms with Crippen molar-refractivity contribution in [1.82, 2.24) is 0 Å². The molecule has 0 radical (unpaired) electrons. The lowest BCUT2D eigenvalue weighted by molar-refractivity contribution is 0.0923. The molecule has 0 spiro atoms. The van der Waals surface area contributed by atoms with Gasteiger partial charge >= 0.3 is 8.56 Å². The molecule has 0 aliphatic heterocycles. The number of aliphatic hydroxyl groups is 1. The fraction of sp³-hybridized carbons (Fsp3) is 1.00. The average molecular weight is 325 g/mol. The molecule has 0 atom stereocenters. The minimum absolute atomic E-state index is 0.0985. The maximum Gasteiger partial charge on any atom is 0.311 e. The largest absolute Gasteiger partial charge is 0.437 e. The van der Waals surface area contributed by atoms with Crippen LogP contribution in [0.3, 0.4) is 0 Å². The van der Waals surface area contributed by atoms with Crippen LogP contribution in [0.1, 0.15) is 6.42 Å². The van der Waals surface area contributed by atoms with Gasteiger partial charge in [-0.2, -0.15) is 0 Å². The van der Waals surface area contributed by atoms with E-state index >= 15 is 0 Å². The maximum absolute atomic E-state index is 8.64. The van der Waals surface area contributed by atoms with Gasteiger partial charge in [0.25, 0.3) is 0 Å². The second-order valence-corrected chi connectivity index (χ2v) is 19.6. The molecule has 19 heavy (non-hydrogen) atoms. The van der Waals surface area contributed by atoms with Gasteiger partial charge in [-0.25, -0.2) is 0 Å². The van der Waals surface area contributed by atoms with Crippen molar-refractivity contribution in [2.75, 3.05) is 19.8 Å². The van der Waals surface area contributed by atoms with Crippen LogP contribution in [0.5, 0.6) is 0 Å². The maximum atomic E-state index is 8.64. The molecular weight excluding hydrogens is 292 g/mol. The van der Waals surface area contributed by atoms with Crippen molar-refractivity contribution >= 4 is 25.2 Å². The van der Waals surface area contributed by atoms with E-state index in [1.807, 2.05) is 0 Å². The molecule has 0 bridgehead atoms. The molecule has 0 aromatic heterocycles. The highest BCUT2D eigenvalue weighted by atomic mass is 28.5. The van der Waals surface area contributed by atoms with Crippen LogP contribution in [0.2, 0.25) is 51.9 Å². The van der Waals surface area contributed by atoms with E-state index in [9.17, 15) is 0 Å². The molecule has 0 heterocycles. The van der Waals surface area contributed by atoms with Gasteiger partial charge in [-0.15, -0.1) is 0 Å². The van der Waals surface area contributed by atoms with Crippen molar-refractivity contribution in [3.05, 3.63) is 0 Å². The van der Waals surface area contributed by atoms with Gasteiger partial charge < -0.3 is 18.1 Å². The van der Waals surface area contributed by atoms with Crippen molar-refractivity contribution < 1.29 is 18.1 Å². The third kappa shape index (κ3) is 12.0. The topological polar surface area (TPSA) is 47.9 Å². The Morgan fingerprint density at radius 1 is 0.842 bits per heavy atom. The third-order valence-corrected chi connectivity index (χ3v) is 12.5. The van der Waals surface area contributed by atoms with E-state index in [1.165, 1.54) is 0 Å². The Morgan fingerprint density at radius 3 is 1.89 bits per heavy atom. The molecule has 0 aliphatic rings. The van der Waals surface area contributed by atoms with Gasteiger partial charge in [0.15, 0.2) is 16.6 Å². The van der Waals surface area contributed by atoms with Gasteiger partial charge in [0, 0.05) is 6.61 Å². The molecule has 0 unspecified atom stereocenters. The van der Waals surface area contributed by atoms with Crippen LogP contribution in [0.15, 0.2) is 0 Å². The number of hydrogen-bond donors (Lipinski definition) is 1. The molecule has 0 aliphatic carbocycles. The molecule has 0 aromatic carbocycles. The summed E-state index contributed by atoms with van der Waals surface area (Å²) in [4.78, 5) is 0. The summed E-state index contributed by atoms with van der Waals surface area (Å²) in [6, 6.07) is 1.07. The van der Waals surface area contributed by atoms with E-state index in [0.717, 1.165) is 12.5 Å². The molecule has 0 amide bonds. The summed E-state index contributed by atoms with van der Waals surface area (Å²) in [5, 5.41) is 8.64. The van der Waals surface area contributed by atoms with Crippen LogP contribution in [-0.4, -0.2) is 50.1 Å². The Balaban J connectivity index is 4.12. The molecule has 0 aromatic rings. The van der Waals surface area contributed by atoms with E-state index in [4.69, 9.17) is 18.1 Å². The Bertz CT molecular complexity index is 252. The van der Waals surface area contributed by atoms with Crippen molar-refractivity contribution in [2.45, 2.75) is 58.3 Å². The fourth-order valence-corrected chi connectivity index (χ4v) is 15.4. The Labute approximate surface area is 122 Å². The summed E-state index contributed by atoms with van der Waals surface area (Å²) < 4.78 is 17.9. The predicted octanol–water partition coefficient (Wildman–Crippen LogP) is 3.16. The summed E-state index contributed by atoms with van der Waals surface area (Å²) >= 11 is 0. The second kappa shape index (κ2) is 8.06. The average Bonchev–Trinajstić information content (AvgIpc) is 2.10. The first kappa shape index (κ1) is 19.5. The van der Waals surface area contributed by atoms with Crippen LogP contribution >= 0.6 is 0 Å². The molecule has 0 saturated carbocycles. The van der Waals surface area contributed by atoms with E-state index < -0.39 is 25.2 Å². The van der Waals surface area contributed by atoms with Gasteiger partial charge in [-0.1, -0.05) is 0 Å². The van der Waals surface area contributed by atoms with Crippen LogP contribution in [0.4, 0.5) is 0 Å². The quantitative estimate of drug-likeness (QED) is 0.495. The molecule has 1 N–H and O–H groups in total. The first-order chi connectivity index (χ1) is 8.47. The highest BCUT2D eigenvalue weighted by molar-refractivity contribution is 6.87. The normalized spacial score (nSPS) is 13.9. The van der Waals surface area contributed by atoms with Gasteiger partial charge in [0.2, 0.25) is 0 Å². The SMILES string of the molecule is C[Si](C)(C)O[Si](C)(C)O[Si](C)(C)CCCOCCO. The lowest BCUT2D eigenvalue weighted by Crippen LogP contribution is -2.51. The van der Waals surface area contributed by atoms with E-state index in [-0.39, 0.29) is 6.61 Å². The van der Waals surface area contributed by atoms with Crippen LogP contribution in [0.25, 0.3) is 0 Å². The highest BCUT2D eigenvalue weighted by Crippen LogP contribution is 2.23. The molecule has 7 heteroatoms. The Hall–Kier alpha value is 0.491. The Morgan fingerprint density at radius 2 is 1.42 bits per heavy atom. The summed E-state index contributed by atoms with van der Waals surface area (Å²) in [6.07, 6.45) is 0.997. The minimum Gasteiger partial charge on any atom is -0.437 e. The van der Waals surface area contributed by atoms with Gasteiger partial charge in [-0.05, 0) is 58.3 Å². The minimum atomic E-state index is -2.01. The zero-order valence-electron chi connectivity index (χ0n) is 13.7. The highest BCUT2D eigenvalue weighted by Gasteiger charge is 2.37. The second-order valence-electron chi connectivity index (χ2n) is 6.92. The monoisotopic (exact) mass is 324 g/mol. The van der Waals surface area contributed by atoms with Crippen molar-refractivity contribution in [2.24, 2.45) is 0 Å². The first-order valence-electron chi connectivity index (χ1n) is 7.06. The van der Waals surface area contributed by atoms with Crippen molar-refractivity contribution in [3.63, 3.8) is 0 Å². The zero-order chi connectivity index (χ0) is 15.2.